The molecule has 67 heavy (non-hydrogen) atoms. The molecule has 0 aliphatic carbocycles. The molecule has 1 heterocycles. The number of rotatable bonds is 47. The summed E-state index contributed by atoms with van der Waals surface area (Å²) >= 11 is 0. The van der Waals surface area contributed by atoms with Gasteiger partial charge in [-0.15, -0.1) is 0 Å². The summed E-state index contributed by atoms with van der Waals surface area (Å²) in [6.45, 7) is 3.97. The van der Waals surface area contributed by atoms with Crippen molar-refractivity contribution < 1.29 is 56.2 Å². The smallest absolute Gasteiger partial charge is 0.397 e. The minimum absolute atomic E-state index is 0.0304. The lowest BCUT2D eigenvalue weighted by molar-refractivity contribution is -0.301. The van der Waals surface area contributed by atoms with Crippen LogP contribution in [0.5, 0.6) is 0 Å². The number of carbonyl (C=O) groups excluding carboxylic acids is 1. The third-order valence-corrected chi connectivity index (χ3v) is 12.6. The van der Waals surface area contributed by atoms with Crippen molar-refractivity contribution in [2.24, 2.45) is 0 Å². The van der Waals surface area contributed by atoms with Gasteiger partial charge in [0, 0.05) is 13.0 Å². The fourth-order valence-corrected chi connectivity index (χ4v) is 8.60. The molecule has 6 atom stereocenters. The summed E-state index contributed by atoms with van der Waals surface area (Å²) in [5.74, 6) is -0.407. The summed E-state index contributed by atoms with van der Waals surface area (Å²) in [6.07, 6.45) is 47.1. The van der Waals surface area contributed by atoms with Crippen LogP contribution in [0, 0.1) is 0 Å². The van der Waals surface area contributed by atoms with Crippen LogP contribution in [-0.4, -0.2) is 97.5 Å². The highest BCUT2D eigenvalue weighted by Crippen LogP contribution is 2.26. The van der Waals surface area contributed by atoms with Crippen LogP contribution in [0.15, 0.2) is 48.6 Å². The number of esters is 1. The molecule has 12 nitrogen and oxygen atoms in total. The third kappa shape index (κ3) is 38.5. The molecule has 4 N–H and O–H groups in total. The molecular weight excluding hydrogens is 873 g/mol. The molecule has 0 aromatic carbocycles. The van der Waals surface area contributed by atoms with Crippen molar-refractivity contribution in [1.29, 1.82) is 0 Å². The van der Waals surface area contributed by atoms with Crippen LogP contribution in [0.1, 0.15) is 226 Å². The molecule has 0 amide bonds. The van der Waals surface area contributed by atoms with E-state index in [0.29, 0.717) is 13.0 Å². The van der Waals surface area contributed by atoms with Crippen molar-refractivity contribution in [3.63, 3.8) is 0 Å². The Morgan fingerprint density at radius 3 is 1.43 bits per heavy atom. The predicted octanol–water partition coefficient (Wildman–Crippen LogP) is 12.7. The van der Waals surface area contributed by atoms with Gasteiger partial charge in [-0.3, -0.25) is 9.35 Å². The minimum atomic E-state index is -5.07. The summed E-state index contributed by atoms with van der Waals surface area (Å²) in [5, 5.41) is 30.8. The molecule has 1 rings (SSSR count). The second-order valence-corrected chi connectivity index (χ2v) is 19.5. The Hall–Kier alpha value is -1.94. The van der Waals surface area contributed by atoms with Gasteiger partial charge in [0.25, 0.3) is 0 Å². The van der Waals surface area contributed by atoms with E-state index in [1.807, 2.05) is 0 Å². The lowest BCUT2D eigenvalue weighted by atomic mass is 9.99. The SMILES string of the molecule is CCCCCC/C=C\C/C=C\CCCCCCCCCC(=O)OC(COCCCCCCCCCCCC/C=C\C/C=C\CCCCCCC)COC1OC(CO)C(O)C(OS(=O)(=O)O)C1O. The standard InChI is InChI=1S/C54H98O12S/c1-3-5-7-9-11-13-15-17-19-21-23-24-25-26-28-30-32-34-36-38-40-42-44-62-46-48(47-63-54-52(58)53(66-67(59,60)61)51(57)49(45-55)65-54)64-50(56)43-41-39-37-35-33-31-29-27-22-20-18-16-14-12-10-8-6-4-2/h14-17,20-23,48-49,51-55,57-58H,3-13,18-19,24-47H2,1-2H3,(H,59,60,61)/b16-14-,17-15-,22-20-,23-21-. The number of aliphatic hydroxyl groups excluding tert-OH is 3. The van der Waals surface area contributed by atoms with Gasteiger partial charge in [0.1, 0.15) is 30.5 Å². The Kier molecular flexibility index (Phi) is 42.6. The number of hydrogen-bond acceptors (Lipinski definition) is 11. The van der Waals surface area contributed by atoms with E-state index in [1.54, 1.807) is 0 Å². The molecule has 13 heteroatoms. The first-order valence-corrected chi connectivity index (χ1v) is 28.3. The molecule has 6 unspecified atom stereocenters. The van der Waals surface area contributed by atoms with Crippen molar-refractivity contribution in [1.82, 2.24) is 0 Å². The van der Waals surface area contributed by atoms with E-state index in [-0.39, 0.29) is 19.6 Å². The van der Waals surface area contributed by atoms with Gasteiger partial charge in [0.2, 0.25) is 0 Å². The summed E-state index contributed by atoms with van der Waals surface area (Å²) in [7, 11) is -5.07. The van der Waals surface area contributed by atoms with Crippen LogP contribution >= 0.6 is 0 Å². The van der Waals surface area contributed by atoms with Crippen LogP contribution in [0.2, 0.25) is 0 Å². The van der Waals surface area contributed by atoms with Crippen molar-refractivity contribution in [3.05, 3.63) is 48.6 Å². The van der Waals surface area contributed by atoms with Gasteiger partial charge in [0.15, 0.2) is 6.29 Å². The van der Waals surface area contributed by atoms with E-state index in [4.69, 9.17) is 18.9 Å². The molecule has 0 aromatic heterocycles. The zero-order chi connectivity index (χ0) is 48.9. The number of hydrogen-bond donors (Lipinski definition) is 4. The van der Waals surface area contributed by atoms with E-state index < -0.39 is 59.8 Å². The lowest BCUT2D eigenvalue weighted by Gasteiger charge is -2.41. The van der Waals surface area contributed by atoms with Crippen LogP contribution < -0.4 is 0 Å². The maximum absolute atomic E-state index is 12.9. The van der Waals surface area contributed by atoms with Gasteiger partial charge in [-0.25, -0.2) is 4.18 Å². The Morgan fingerprint density at radius 2 is 0.985 bits per heavy atom. The molecule has 0 radical (unpaired) electrons. The third-order valence-electron chi connectivity index (χ3n) is 12.2. The fourth-order valence-electron chi connectivity index (χ4n) is 8.09. The summed E-state index contributed by atoms with van der Waals surface area (Å²) in [6, 6.07) is 0. The van der Waals surface area contributed by atoms with E-state index in [1.165, 1.54) is 141 Å². The quantitative estimate of drug-likeness (QED) is 0.0197. The zero-order valence-electron chi connectivity index (χ0n) is 42.2. The van der Waals surface area contributed by atoms with Gasteiger partial charge in [0.05, 0.1) is 19.8 Å². The summed E-state index contributed by atoms with van der Waals surface area (Å²) in [5.41, 5.74) is 0. The van der Waals surface area contributed by atoms with Crippen molar-refractivity contribution in [2.45, 2.75) is 263 Å². The van der Waals surface area contributed by atoms with Gasteiger partial charge in [-0.2, -0.15) is 8.42 Å². The average Bonchev–Trinajstić information content (AvgIpc) is 3.30. The first-order chi connectivity index (χ1) is 32.6. The highest BCUT2D eigenvalue weighted by atomic mass is 32.3. The average molecular weight is 971 g/mol. The van der Waals surface area contributed by atoms with Crippen molar-refractivity contribution >= 4 is 16.4 Å². The molecule has 1 saturated heterocycles. The normalized spacial score (nSPS) is 19.8. The number of ether oxygens (including phenoxy) is 4. The van der Waals surface area contributed by atoms with Gasteiger partial charge in [-0.05, 0) is 77.0 Å². The molecule has 1 aliphatic rings. The molecule has 1 fully saturated rings. The lowest BCUT2D eigenvalue weighted by Crippen LogP contribution is -2.60. The van der Waals surface area contributed by atoms with Crippen molar-refractivity contribution in [3.8, 4) is 0 Å². The largest absolute Gasteiger partial charge is 0.457 e. The first kappa shape index (κ1) is 63.1. The van der Waals surface area contributed by atoms with Gasteiger partial charge < -0.3 is 34.3 Å². The molecule has 0 aromatic rings. The Labute approximate surface area is 408 Å². The van der Waals surface area contributed by atoms with E-state index in [2.05, 4.69) is 66.6 Å². The number of allylic oxidation sites excluding steroid dienone is 8. The monoisotopic (exact) mass is 971 g/mol. The highest BCUT2D eigenvalue weighted by molar-refractivity contribution is 7.80. The molecule has 0 spiro atoms. The minimum Gasteiger partial charge on any atom is -0.457 e. The summed E-state index contributed by atoms with van der Waals surface area (Å²) in [4.78, 5) is 12.9. The molecular formula is C54H98O12S. The molecule has 1 aliphatic heterocycles. The maximum atomic E-state index is 12.9. The van der Waals surface area contributed by atoms with E-state index in [9.17, 15) is 33.1 Å². The Morgan fingerprint density at radius 1 is 0.567 bits per heavy atom. The Bertz CT molecular complexity index is 1350. The van der Waals surface area contributed by atoms with Crippen molar-refractivity contribution in [2.75, 3.05) is 26.4 Å². The predicted molar refractivity (Wildman–Crippen MR) is 271 cm³/mol. The van der Waals surface area contributed by atoms with Crippen LogP contribution in [0.4, 0.5) is 0 Å². The second-order valence-electron chi connectivity index (χ2n) is 18.5. The first-order valence-electron chi connectivity index (χ1n) is 26.9. The van der Waals surface area contributed by atoms with E-state index in [0.717, 1.165) is 57.8 Å². The van der Waals surface area contributed by atoms with E-state index >= 15 is 0 Å². The van der Waals surface area contributed by atoms with Crippen LogP contribution in [0.3, 0.4) is 0 Å². The number of unbranched alkanes of at least 4 members (excludes halogenated alkanes) is 26. The van der Waals surface area contributed by atoms with Gasteiger partial charge >= 0.3 is 16.4 Å². The topological polar surface area (TPSA) is 178 Å². The number of aliphatic hydroxyl groups is 3. The maximum Gasteiger partial charge on any atom is 0.397 e. The molecule has 392 valence electrons. The number of carbonyl (C=O) groups is 1. The highest BCUT2D eigenvalue weighted by Gasteiger charge is 2.48. The van der Waals surface area contributed by atoms with Crippen LogP contribution in [-0.2, 0) is 38.3 Å². The van der Waals surface area contributed by atoms with Crippen LogP contribution in [0.25, 0.3) is 0 Å². The second kappa shape index (κ2) is 45.2. The Balaban J connectivity index is 2.34. The summed E-state index contributed by atoms with van der Waals surface area (Å²) < 4.78 is 59.3. The van der Waals surface area contributed by atoms with Gasteiger partial charge in [-0.1, -0.05) is 191 Å². The molecule has 0 saturated carbocycles. The zero-order valence-corrected chi connectivity index (χ0v) is 43.0. The fraction of sp³-hybridized carbons (Fsp3) is 0.833. The molecule has 0 bridgehead atoms.